The van der Waals surface area contributed by atoms with Crippen molar-refractivity contribution in [3.8, 4) is 17.2 Å². The Hall–Kier alpha value is -4.26. The van der Waals surface area contributed by atoms with E-state index in [1.165, 1.54) is 18.9 Å². The Kier molecular flexibility index (Phi) is 8.24. The average Bonchev–Trinajstić information content (AvgIpc) is 2.95. The van der Waals surface area contributed by atoms with Crippen LogP contribution in [-0.2, 0) is 4.79 Å². The van der Waals surface area contributed by atoms with E-state index in [1.54, 1.807) is 43.5 Å². The first-order chi connectivity index (χ1) is 17.6. The van der Waals surface area contributed by atoms with Gasteiger partial charge in [-0.05, 0) is 54.1 Å². The molecule has 4 rings (SSSR count). The highest BCUT2D eigenvalue weighted by atomic mass is 16.5. The summed E-state index contributed by atoms with van der Waals surface area (Å²) in [6.45, 7) is 2.96. The highest BCUT2D eigenvalue weighted by molar-refractivity contribution is 6.07. The molecule has 0 unspecified atom stereocenters. The number of nitrogens with zero attached hydrogens (tertiary/aromatic N) is 2. The third-order valence-electron chi connectivity index (χ3n) is 6.09. The number of ether oxygens (including phenoxy) is 3. The third-order valence-corrected chi connectivity index (χ3v) is 6.09. The molecule has 0 bridgehead atoms. The molecule has 1 aliphatic rings. The van der Waals surface area contributed by atoms with Gasteiger partial charge in [-0.1, -0.05) is 36.4 Å². The Morgan fingerprint density at radius 2 is 1.53 bits per heavy atom. The smallest absolute Gasteiger partial charge is 0.260 e. The van der Waals surface area contributed by atoms with E-state index in [0.717, 1.165) is 18.7 Å². The summed E-state index contributed by atoms with van der Waals surface area (Å²) >= 11 is 0. The molecule has 3 aromatic rings. The van der Waals surface area contributed by atoms with Crippen LogP contribution in [0.5, 0.6) is 17.2 Å². The molecule has 0 aromatic heterocycles. The highest BCUT2D eigenvalue weighted by Crippen LogP contribution is 2.28. The van der Waals surface area contributed by atoms with Gasteiger partial charge in [0.05, 0.1) is 14.2 Å². The lowest BCUT2D eigenvalue weighted by Gasteiger charge is -2.36. The second-order valence-electron chi connectivity index (χ2n) is 8.33. The van der Waals surface area contributed by atoms with Crippen LogP contribution in [0, 0.1) is 0 Å². The van der Waals surface area contributed by atoms with Crippen LogP contribution in [0.15, 0.2) is 78.9 Å². The summed E-state index contributed by atoms with van der Waals surface area (Å²) in [7, 11) is 3.08. The van der Waals surface area contributed by atoms with Crippen molar-refractivity contribution < 1.29 is 23.8 Å². The summed E-state index contributed by atoms with van der Waals surface area (Å²) in [4.78, 5) is 29.3. The fourth-order valence-electron chi connectivity index (χ4n) is 4.02. The van der Waals surface area contributed by atoms with Crippen LogP contribution in [0.25, 0.3) is 6.08 Å². The topological polar surface area (TPSA) is 68.3 Å². The second kappa shape index (κ2) is 11.9. The molecule has 0 aliphatic carbocycles. The molecule has 1 saturated heterocycles. The van der Waals surface area contributed by atoms with Crippen LogP contribution in [0.2, 0.25) is 0 Å². The van der Waals surface area contributed by atoms with E-state index >= 15 is 0 Å². The van der Waals surface area contributed by atoms with Crippen LogP contribution in [0.3, 0.4) is 0 Å². The molecule has 0 spiro atoms. The number of hydrogen-bond acceptors (Lipinski definition) is 6. The van der Waals surface area contributed by atoms with Crippen LogP contribution in [0.1, 0.15) is 15.9 Å². The number of para-hydroxylation sites is 1. The molecule has 3 aromatic carbocycles. The van der Waals surface area contributed by atoms with E-state index in [2.05, 4.69) is 17.0 Å². The molecular weight excluding hydrogens is 456 g/mol. The van der Waals surface area contributed by atoms with Crippen molar-refractivity contribution in [1.29, 1.82) is 0 Å². The number of rotatable bonds is 9. The van der Waals surface area contributed by atoms with Crippen molar-refractivity contribution in [3.05, 3.63) is 90.0 Å². The first-order valence-corrected chi connectivity index (χ1v) is 11.8. The van der Waals surface area contributed by atoms with Crippen molar-refractivity contribution in [3.63, 3.8) is 0 Å². The fraction of sp³-hybridized carbons (Fsp3) is 0.241. The number of carbonyl (C=O) groups is 2. The lowest BCUT2D eigenvalue weighted by molar-refractivity contribution is -0.133. The normalized spacial score (nSPS) is 13.5. The predicted molar refractivity (Wildman–Crippen MR) is 140 cm³/mol. The van der Waals surface area contributed by atoms with E-state index in [0.29, 0.717) is 35.9 Å². The van der Waals surface area contributed by atoms with Crippen molar-refractivity contribution in [2.45, 2.75) is 0 Å². The number of hydrogen-bond donors (Lipinski definition) is 0. The average molecular weight is 487 g/mol. The van der Waals surface area contributed by atoms with Crippen molar-refractivity contribution in [2.24, 2.45) is 0 Å². The Labute approximate surface area is 211 Å². The largest absolute Gasteiger partial charge is 0.493 e. The lowest BCUT2D eigenvalue weighted by Crippen LogP contribution is -2.50. The number of amides is 1. The molecule has 1 fully saturated rings. The molecule has 7 nitrogen and oxygen atoms in total. The summed E-state index contributed by atoms with van der Waals surface area (Å²) in [5.41, 5.74) is 2.53. The van der Waals surface area contributed by atoms with Gasteiger partial charge in [-0.2, -0.15) is 0 Å². The molecule has 0 saturated carbocycles. The Morgan fingerprint density at radius 1 is 0.833 bits per heavy atom. The minimum atomic E-state index is -0.144. The number of ketones is 1. The first kappa shape index (κ1) is 24.9. The molecule has 1 aliphatic heterocycles. The quantitative estimate of drug-likeness (QED) is 0.331. The zero-order valence-corrected chi connectivity index (χ0v) is 20.6. The maximum atomic E-state index is 12.6. The summed E-state index contributed by atoms with van der Waals surface area (Å²) in [5, 5.41) is 0. The molecule has 1 amide bonds. The van der Waals surface area contributed by atoms with Gasteiger partial charge in [0.2, 0.25) is 0 Å². The molecule has 0 N–H and O–H groups in total. The van der Waals surface area contributed by atoms with Crippen LogP contribution >= 0.6 is 0 Å². The predicted octanol–water partition coefficient (Wildman–Crippen LogP) is 4.33. The SMILES string of the molecule is COc1ccc(C(=O)/C=C/c2ccc(OCC(=O)N3CCN(c4ccccc4)CC3)cc2)cc1OC. The molecule has 7 heteroatoms. The highest BCUT2D eigenvalue weighted by Gasteiger charge is 2.21. The Morgan fingerprint density at radius 3 is 2.19 bits per heavy atom. The van der Waals surface area contributed by atoms with Gasteiger partial charge >= 0.3 is 0 Å². The van der Waals surface area contributed by atoms with Crippen LogP contribution < -0.4 is 19.1 Å². The molecule has 1 heterocycles. The summed E-state index contributed by atoms with van der Waals surface area (Å²) < 4.78 is 16.2. The minimum Gasteiger partial charge on any atom is -0.493 e. The fourth-order valence-corrected chi connectivity index (χ4v) is 4.02. The standard InChI is InChI=1S/C29H30N2O5/c1-34-27-15-11-23(20-28(27)35-2)26(32)14-10-22-8-12-25(13-9-22)36-21-29(33)31-18-16-30(17-19-31)24-6-4-3-5-7-24/h3-15,20H,16-19,21H2,1-2H3/b14-10+. The number of anilines is 1. The maximum absolute atomic E-state index is 12.6. The van der Waals surface area contributed by atoms with Gasteiger partial charge in [-0.25, -0.2) is 0 Å². The Balaban J connectivity index is 1.25. The number of methoxy groups -OCH3 is 2. The molecule has 0 radical (unpaired) electrons. The van der Waals surface area contributed by atoms with Gasteiger partial charge in [0.25, 0.3) is 5.91 Å². The van der Waals surface area contributed by atoms with Crippen molar-refractivity contribution >= 4 is 23.5 Å². The number of allylic oxidation sites excluding steroid dienone is 1. The van der Waals surface area contributed by atoms with E-state index < -0.39 is 0 Å². The molecule has 186 valence electrons. The first-order valence-electron chi connectivity index (χ1n) is 11.8. The lowest BCUT2D eigenvalue weighted by atomic mass is 10.1. The van der Waals surface area contributed by atoms with Crippen molar-refractivity contribution in [2.75, 3.05) is 51.9 Å². The maximum Gasteiger partial charge on any atom is 0.260 e. The van der Waals surface area contributed by atoms with E-state index in [9.17, 15) is 9.59 Å². The van der Waals surface area contributed by atoms with Gasteiger partial charge in [0, 0.05) is 37.4 Å². The molecule has 0 atom stereocenters. The van der Waals surface area contributed by atoms with E-state index in [4.69, 9.17) is 14.2 Å². The van der Waals surface area contributed by atoms with Gasteiger partial charge in [0.15, 0.2) is 23.9 Å². The molecule has 36 heavy (non-hydrogen) atoms. The van der Waals surface area contributed by atoms with Gasteiger partial charge < -0.3 is 24.0 Å². The second-order valence-corrected chi connectivity index (χ2v) is 8.33. The number of piperazine rings is 1. The zero-order valence-electron chi connectivity index (χ0n) is 20.6. The van der Waals surface area contributed by atoms with Crippen molar-refractivity contribution in [1.82, 2.24) is 4.90 Å². The monoisotopic (exact) mass is 486 g/mol. The third kappa shape index (κ3) is 6.24. The molecular formula is C29H30N2O5. The Bertz CT molecular complexity index is 1200. The number of carbonyl (C=O) groups excluding carboxylic acids is 2. The van der Waals surface area contributed by atoms with Gasteiger partial charge in [0.1, 0.15) is 5.75 Å². The van der Waals surface area contributed by atoms with E-state index in [-0.39, 0.29) is 18.3 Å². The summed E-state index contributed by atoms with van der Waals surface area (Å²) in [6, 6.07) is 22.6. The van der Waals surface area contributed by atoms with Crippen LogP contribution in [-0.4, -0.2) is 63.6 Å². The zero-order chi connectivity index (χ0) is 25.3. The minimum absolute atomic E-state index is 0.00168. The van der Waals surface area contributed by atoms with Gasteiger partial charge in [-0.3, -0.25) is 9.59 Å². The van der Waals surface area contributed by atoms with Gasteiger partial charge in [-0.15, -0.1) is 0 Å². The number of benzene rings is 3. The van der Waals surface area contributed by atoms with Crippen LogP contribution in [0.4, 0.5) is 5.69 Å². The summed E-state index contributed by atoms with van der Waals surface area (Å²) in [6.07, 6.45) is 3.25. The summed E-state index contributed by atoms with van der Waals surface area (Å²) in [5.74, 6) is 1.52. The van der Waals surface area contributed by atoms with E-state index in [1.807, 2.05) is 35.2 Å².